The largest absolute Gasteiger partial charge is 0.493 e. The Morgan fingerprint density at radius 1 is 0.158 bits per heavy atom. The van der Waals surface area contributed by atoms with Crippen LogP contribution in [0.2, 0.25) is 0 Å². The molecule has 0 amide bonds. The molecule has 0 atom stereocenters. The van der Waals surface area contributed by atoms with E-state index in [4.69, 9.17) is 85.3 Å². The third kappa shape index (κ3) is 23.9. The molecule has 0 fully saturated rings. The summed E-state index contributed by atoms with van der Waals surface area (Å²) in [6.07, 6.45) is 20.4. The maximum Gasteiger partial charge on any atom is 0.203 e. The van der Waals surface area contributed by atoms with E-state index in [9.17, 15) is 0 Å². The minimum atomic E-state index is 0.325. The van der Waals surface area contributed by atoms with Crippen molar-refractivity contribution in [2.75, 3.05) is 85.3 Å². The number of benzene rings is 12. The van der Waals surface area contributed by atoms with Crippen LogP contribution in [-0.4, -0.2) is 85.3 Å². The standard InChI is InChI=1S/C102H100O18/c1-103-91-51-81(52-92(104-2)99(91)111-9)43-27-71-19-35-77(36-20-71)65-117-87-47-85(48-88(59-87)118-66-78-37-21-72(22-38-78)28-44-82-53-93(105-3)100(112-10)94(54-82)106-4)63-115-61-75-31-15-69(16-32-75)13-14-70-17-33-76(34-18-70)62-116-64-86-49-89(119-67-79-39-23-73(24-40-79)29-45-83-55-95(107-5)101(113-11)96(56-83)108-6)60-90(50-86)120-68-80-41-25-74(26-42-80)30-46-84-57-97(109-7)102(114-12)98(58-84)110-8/h13-60H,61-68H2,1-12H3/b14-13+,43-27+,44-28+,45-29+,46-30+. The lowest BCUT2D eigenvalue weighted by Gasteiger charge is -2.14. The van der Waals surface area contributed by atoms with Crippen molar-refractivity contribution in [3.63, 3.8) is 0 Å². The van der Waals surface area contributed by atoms with Crippen LogP contribution in [0.4, 0.5) is 0 Å². The highest BCUT2D eigenvalue weighted by Crippen LogP contribution is 2.43. The van der Waals surface area contributed by atoms with E-state index in [1.165, 1.54) is 0 Å². The van der Waals surface area contributed by atoms with Crippen LogP contribution >= 0.6 is 0 Å². The molecule has 12 aromatic carbocycles. The highest BCUT2D eigenvalue weighted by molar-refractivity contribution is 5.77. The van der Waals surface area contributed by atoms with Crippen molar-refractivity contribution in [1.82, 2.24) is 0 Å². The zero-order chi connectivity index (χ0) is 84.0. The Bertz CT molecular complexity index is 4780. The Morgan fingerprint density at radius 2 is 0.317 bits per heavy atom. The fraction of sp³-hybridized carbons (Fsp3) is 0.196. The molecule has 0 N–H and O–H groups in total. The van der Waals surface area contributed by atoms with Crippen LogP contribution in [0.15, 0.2) is 231 Å². The van der Waals surface area contributed by atoms with E-state index < -0.39 is 0 Å². The average molecular weight is 1610 g/mol. The van der Waals surface area contributed by atoms with Gasteiger partial charge in [0.2, 0.25) is 23.0 Å². The molecule has 0 radical (unpaired) electrons. The van der Waals surface area contributed by atoms with Gasteiger partial charge in [-0.3, -0.25) is 0 Å². The second-order valence-electron chi connectivity index (χ2n) is 27.7. The molecule has 0 aliphatic carbocycles. The molecule has 0 unspecified atom stereocenters. The summed E-state index contributed by atoms with van der Waals surface area (Å²) in [4.78, 5) is 0. The van der Waals surface area contributed by atoms with E-state index >= 15 is 0 Å². The lowest BCUT2D eigenvalue weighted by Crippen LogP contribution is -2.01. The Kier molecular flexibility index (Phi) is 30.8. The van der Waals surface area contributed by atoms with Crippen molar-refractivity contribution in [3.8, 4) is 92.0 Å². The van der Waals surface area contributed by atoms with E-state index in [0.29, 0.717) is 145 Å². The monoisotopic (exact) mass is 1610 g/mol. The molecule has 0 aliphatic heterocycles. The molecular formula is C102H100O18. The molecule has 0 aromatic heterocycles. The summed E-state index contributed by atoms with van der Waals surface area (Å²) in [6, 6.07) is 76.8. The smallest absolute Gasteiger partial charge is 0.203 e. The summed E-state index contributed by atoms with van der Waals surface area (Å²) < 4.78 is 105. The van der Waals surface area contributed by atoms with Crippen molar-refractivity contribution in [1.29, 1.82) is 0 Å². The van der Waals surface area contributed by atoms with Gasteiger partial charge in [0.1, 0.15) is 49.4 Å². The van der Waals surface area contributed by atoms with Gasteiger partial charge in [0.15, 0.2) is 46.0 Å². The van der Waals surface area contributed by atoms with Crippen LogP contribution in [0, 0.1) is 0 Å². The van der Waals surface area contributed by atoms with Crippen LogP contribution in [0.3, 0.4) is 0 Å². The Morgan fingerprint density at radius 3 is 0.483 bits per heavy atom. The number of hydrogen-bond acceptors (Lipinski definition) is 18. The van der Waals surface area contributed by atoms with Gasteiger partial charge in [0, 0.05) is 12.1 Å². The minimum absolute atomic E-state index is 0.325. The third-order valence-corrected chi connectivity index (χ3v) is 19.5. The van der Waals surface area contributed by atoms with Crippen molar-refractivity contribution >= 4 is 60.8 Å². The SMILES string of the molecule is COc1cc(/C=C/c2ccc(COc3cc(COCc4ccc(/C=C/c5ccc(COCc6cc(OCc7ccc(/C=C/c8cc(OC)c(OC)c(OC)c8)cc7)cc(OCc7ccc(/C=C/c8cc(OC)c(OC)c(OC)c8)cc7)c6)cc5)cc4)cc(OCc4ccc(/C=C/c5cc(OC)c(OC)c(OC)c5)cc4)c3)cc2)cc(OC)c1OC. The summed E-state index contributed by atoms with van der Waals surface area (Å²) in [6.45, 7) is 2.79. The predicted octanol–water partition coefficient (Wildman–Crippen LogP) is 22.4. The molecule has 0 heterocycles. The van der Waals surface area contributed by atoms with E-state index in [1.54, 1.807) is 85.3 Å². The third-order valence-electron chi connectivity index (χ3n) is 19.5. The van der Waals surface area contributed by atoms with Gasteiger partial charge in [-0.2, -0.15) is 0 Å². The maximum absolute atomic E-state index is 6.49. The molecule has 18 nitrogen and oxygen atoms in total. The van der Waals surface area contributed by atoms with Crippen molar-refractivity contribution in [3.05, 3.63) is 331 Å². The molecule has 0 saturated carbocycles. The van der Waals surface area contributed by atoms with Crippen molar-refractivity contribution in [2.45, 2.75) is 52.9 Å². The summed E-state index contributed by atoms with van der Waals surface area (Å²) in [5.74, 6) is 9.49. The van der Waals surface area contributed by atoms with E-state index in [2.05, 4.69) is 158 Å². The first kappa shape index (κ1) is 85.4. The number of rotatable bonds is 42. The zero-order valence-electron chi connectivity index (χ0n) is 69.7. The molecule has 0 bridgehead atoms. The topological polar surface area (TPSA) is 166 Å². The van der Waals surface area contributed by atoms with E-state index in [0.717, 1.165) is 100 Å². The highest BCUT2D eigenvalue weighted by atomic mass is 16.6. The van der Waals surface area contributed by atoms with Gasteiger partial charge < -0.3 is 85.3 Å². The molecule has 616 valence electrons. The Labute approximate surface area is 703 Å². The van der Waals surface area contributed by atoms with Gasteiger partial charge >= 0.3 is 0 Å². The number of hydrogen-bond donors (Lipinski definition) is 0. The van der Waals surface area contributed by atoms with Crippen LogP contribution in [0.25, 0.3) is 60.8 Å². The normalized spacial score (nSPS) is 11.3. The highest BCUT2D eigenvalue weighted by Gasteiger charge is 2.18. The molecule has 12 rings (SSSR count). The first-order valence-corrected chi connectivity index (χ1v) is 38.9. The number of ether oxygens (including phenoxy) is 18. The summed E-state index contributed by atoms with van der Waals surface area (Å²) in [5, 5.41) is 0. The van der Waals surface area contributed by atoms with Crippen LogP contribution < -0.4 is 75.8 Å². The van der Waals surface area contributed by atoms with Crippen LogP contribution in [-0.2, 0) is 62.3 Å². The quantitative estimate of drug-likeness (QED) is 0.0331. The molecule has 18 heteroatoms. The van der Waals surface area contributed by atoms with Gasteiger partial charge in [-0.1, -0.05) is 206 Å². The van der Waals surface area contributed by atoms with E-state index in [1.807, 2.05) is 134 Å². The molecule has 0 aliphatic rings. The lowest BCUT2D eigenvalue weighted by molar-refractivity contribution is 0.106. The van der Waals surface area contributed by atoms with Gasteiger partial charge in [-0.15, -0.1) is 0 Å². The van der Waals surface area contributed by atoms with Crippen LogP contribution in [0.5, 0.6) is 92.0 Å². The Balaban J connectivity index is 0.658. The predicted molar refractivity (Wildman–Crippen MR) is 475 cm³/mol. The fourth-order valence-electron chi connectivity index (χ4n) is 13.1. The van der Waals surface area contributed by atoms with Gasteiger partial charge in [0.25, 0.3) is 0 Å². The molecular weight excluding hydrogens is 1510 g/mol. The lowest BCUT2D eigenvalue weighted by atomic mass is 10.1. The molecule has 0 saturated heterocycles. The van der Waals surface area contributed by atoms with Gasteiger partial charge in [-0.25, -0.2) is 0 Å². The van der Waals surface area contributed by atoms with E-state index in [-0.39, 0.29) is 0 Å². The molecule has 0 spiro atoms. The van der Waals surface area contributed by atoms with Crippen LogP contribution in [0.1, 0.15) is 100 Å². The maximum atomic E-state index is 6.49. The van der Waals surface area contributed by atoms with Gasteiger partial charge in [0.05, 0.1) is 112 Å². The first-order valence-electron chi connectivity index (χ1n) is 38.9. The second kappa shape index (κ2) is 43.3. The van der Waals surface area contributed by atoms with Crippen molar-refractivity contribution < 1.29 is 85.3 Å². The average Bonchev–Trinajstić information content (AvgIpc) is 0.834. The van der Waals surface area contributed by atoms with Gasteiger partial charge in [-0.05, 0) is 173 Å². The first-order chi connectivity index (χ1) is 58.8. The zero-order valence-corrected chi connectivity index (χ0v) is 69.7. The molecule has 120 heavy (non-hydrogen) atoms. The summed E-state index contributed by atoms with van der Waals surface area (Å²) >= 11 is 0. The van der Waals surface area contributed by atoms with Crippen molar-refractivity contribution in [2.24, 2.45) is 0 Å². The molecule has 12 aromatic rings. The minimum Gasteiger partial charge on any atom is -0.493 e. The summed E-state index contributed by atoms with van der Waals surface area (Å²) in [5.41, 5.74) is 17.7. The summed E-state index contributed by atoms with van der Waals surface area (Å²) in [7, 11) is 19.2. The second-order valence-corrected chi connectivity index (χ2v) is 27.7. The fourth-order valence-corrected chi connectivity index (χ4v) is 13.1. The number of methoxy groups -OCH3 is 12. The Hall–Kier alpha value is -13.9.